The van der Waals surface area contributed by atoms with Gasteiger partial charge in [-0.25, -0.2) is 0 Å². The third-order valence-corrected chi connectivity index (χ3v) is 7.43. The van der Waals surface area contributed by atoms with Gasteiger partial charge in [0.15, 0.2) is 5.58 Å². The summed E-state index contributed by atoms with van der Waals surface area (Å²) in [7, 11) is 0. The minimum atomic E-state index is -1.23. The second-order valence-corrected chi connectivity index (χ2v) is 10.0. The normalized spacial score (nSPS) is 19.9. The average Bonchev–Trinajstić information content (AvgIpc) is 4.19. The van der Waals surface area contributed by atoms with Crippen LogP contribution in [0.5, 0.6) is 0 Å². The van der Waals surface area contributed by atoms with Crippen LogP contribution in [-0.2, 0) is 0 Å². The maximum Gasteiger partial charge on any atom is 0.213 e. The van der Waals surface area contributed by atoms with Gasteiger partial charge >= 0.3 is 0 Å². The summed E-state index contributed by atoms with van der Waals surface area (Å²) in [5.74, 6) is 0. The van der Waals surface area contributed by atoms with E-state index >= 15 is 0 Å². The Kier molecular flexibility index (Phi) is 2.42. The van der Waals surface area contributed by atoms with Crippen LogP contribution in [0.25, 0.3) is 71.7 Å². The van der Waals surface area contributed by atoms with E-state index in [1.165, 1.54) is 0 Å². The molecule has 0 saturated heterocycles. The first-order chi connectivity index (χ1) is 35.5. The summed E-state index contributed by atoms with van der Waals surface area (Å²) in [6, 6.07) is -26.7. The lowest BCUT2D eigenvalue weighted by Crippen LogP contribution is -2.10. The van der Waals surface area contributed by atoms with Gasteiger partial charge < -0.3 is 13.7 Å². The van der Waals surface area contributed by atoms with Crippen molar-refractivity contribution in [1.82, 2.24) is 4.57 Å². The van der Waals surface area contributed by atoms with E-state index in [2.05, 4.69) is 0 Å². The van der Waals surface area contributed by atoms with Crippen LogP contribution in [0.4, 0.5) is 17.1 Å². The number of aromatic nitrogens is 1. The number of benzene rings is 7. The largest absolute Gasteiger partial charge is 0.454 e. The molecule has 0 aliphatic rings. The molecule has 0 bridgehead atoms. The van der Waals surface area contributed by atoms with Gasteiger partial charge in [-0.2, -0.15) is 0 Å². The van der Waals surface area contributed by atoms with Gasteiger partial charge in [0, 0.05) is 38.6 Å². The highest BCUT2D eigenvalue weighted by Gasteiger charge is 2.21. The summed E-state index contributed by atoms with van der Waals surface area (Å²) in [4.78, 5) is 0.429. The van der Waals surface area contributed by atoms with Crippen molar-refractivity contribution in [1.29, 1.82) is 0 Å². The SMILES string of the molecule is [2H]c1c([2H])c([2H])c(-c2c([2H])c([2H])c(N(c3c([2H])c([2H])c(-n4c5oc6c([2H])c([2H])c([2H])c([2H])c6c5c5c([2H])c([2H])c([2H])c([2H])c54)c([2H])c3[2H])c3c([2H])c([2H])c([2H])c4c3oc3c([2H])c([2H])c([2H])c([2H])c34)c([2H])c2[2H])c([2H])c1[2H]. The molecular weight excluding hydrogens is 588 g/mol. The zero-order chi connectivity index (χ0) is 56.0. The van der Waals surface area contributed by atoms with E-state index in [0.29, 0.717) is 4.90 Å². The van der Waals surface area contributed by atoms with Crippen LogP contribution in [0, 0.1) is 0 Å². The number of nitrogens with zero attached hydrogens (tertiary/aromatic N) is 2. The zero-order valence-electron chi connectivity index (χ0n) is 51.7. The molecule has 0 amide bonds. The molecule has 48 heavy (non-hydrogen) atoms. The molecule has 7 aromatic carbocycles. The van der Waals surface area contributed by atoms with Crippen LogP contribution in [-0.4, -0.2) is 4.57 Å². The molecule has 0 N–H and O–H groups in total. The summed E-state index contributed by atoms with van der Waals surface area (Å²) in [6.07, 6.45) is 0. The summed E-state index contributed by atoms with van der Waals surface area (Å²) in [5, 5.41) is -2.29. The van der Waals surface area contributed by atoms with Crippen molar-refractivity contribution in [3.05, 3.63) is 169 Å². The Morgan fingerprint density at radius 2 is 1.04 bits per heavy atom. The molecule has 0 spiro atoms. The van der Waals surface area contributed by atoms with Gasteiger partial charge in [0.25, 0.3) is 0 Å². The molecule has 3 aromatic heterocycles. The fourth-order valence-corrected chi connectivity index (χ4v) is 5.42. The van der Waals surface area contributed by atoms with E-state index in [-0.39, 0.29) is 10.8 Å². The van der Waals surface area contributed by atoms with Gasteiger partial charge in [0.05, 0.1) is 55.0 Å². The molecule has 226 valence electrons. The van der Waals surface area contributed by atoms with Crippen LogP contribution < -0.4 is 4.90 Å². The lowest BCUT2D eigenvalue weighted by atomic mass is 10.0. The third kappa shape index (κ3) is 4.03. The van der Waals surface area contributed by atoms with Gasteiger partial charge in [-0.15, -0.1) is 0 Å². The Morgan fingerprint density at radius 1 is 0.458 bits per heavy atom. The van der Waals surface area contributed by atoms with E-state index in [1.54, 1.807) is 0 Å². The number of hydrogen-bond donors (Lipinski definition) is 0. The molecular formula is C44H28N2O2. The highest BCUT2D eigenvalue weighted by atomic mass is 16.3. The number of fused-ring (bicyclic) bond motifs is 8. The highest BCUT2D eigenvalue weighted by Crippen LogP contribution is 2.43. The van der Waals surface area contributed by atoms with Gasteiger partial charge in [0.2, 0.25) is 5.71 Å². The number of para-hydroxylation sites is 4. The number of anilines is 3. The Balaban J connectivity index is 1.41. The maximum atomic E-state index is 9.73. The second-order valence-electron chi connectivity index (χ2n) is 10.0. The Labute approximate surface area is 315 Å². The lowest BCUT2D eigenvalue weighted by Gasteiger charge is -2.26. The minimum Gasteiger partial charge on any atom is -0.454 e. The van der Waals surface area contributed by atoms with Crippen molar-refractivity contribution in [2.75, 3.05) is 4.90 Å². The molecule has 0 fully saturated rings. The van der Waals surface area contributed by atoms with Crippen molar-refractivity contribution in [3.63, 3.8) is 0 Å². The molecule has 0 radical (unpaired) electrons. The zero-order valence-corrected chi connectivity index (χ0v) is 23.7. The fourth-order valence-electron chi connectivity index (χ4n) is 5.42. The topological polar surface area (TPSA) is 34.5 Å². The van der Waals surface area contributed by atoms with Crippen molar-refractivity contribution in [2.45, 2.75) is 0 Å². The van der Waals surface area contributed by atoms with E-state index in [4.69, 9.17) is 34.9 Å². The summed E-state index contributed by atoms with van der Waals surface area (Å²) < 4.78 is 262. The molecule has 0 atom stereocenters. The Morgan fingerprint density at radius 3 is 1.81 bits per heavy atom. The lowest BCUT2D eigenvalue weighted by molar-refractivity contribution is 0.645. The van der Waals surface area contributed by atoms with Crippen LogP contribution in [0.1, 0.15) is 38.4 Å². The minimum absolute atomic E-state index is 0.354. The van der Waals surface area contributed by atoms with Gasteiger partial charge in [-0.1, -0.05) is 109 Å². The Hall–Kier alpha value is -6.52. The predicted octanol–water partition coefficient (Wildman–Crippen LogP) is 12.6. The van der Waals surface area contributed by atoms with E-state index in [9.17, 15) is 12.3 Å². The first-order valence-corrected chi connectivity index (χ1v) is 13.9. The molecule has 10 rings (SSSR count). The van der Waals surface area contributed by atoms with Crippen LogP contribution in [0.3, 0.4) is 0 Å². The third-order valence-electron chi connectivity index (χ3n) is 7.43. The fraction of sp³-hybridized carbons (Fsp3) is 0. The monoisotopic (exact) mass is 644 g/mol. The molecule has 0 aliphatic carbocycles. The first-order valence-electron chi connectivity index (χ1n) is 27.9. The first kappa shape index (κ1) is 11.0. The molecule has 10 aromatic rings. The van der Waals surface area contributed by atoms with E-state index < -0.39 is 247 Å². The van der Waals surface area contributed by atoms with Gasteiger partial charge in [-0.3, -0.25) is 4.57 Å². The number of furan rings is 2. The highest BCUT2D eigenvalue weighted by molar-refractivity contribution is 6.20. The number of hydrogen-bond acceptors (Lipinski definition) is 3. The summed E-state index contributed by atoms with van der Waals surface area (Å²) >= 11 is 0. The van der Waals surface area contributed by atoms with Gasteiger partial charge in [0.1, 0.15) is 11.2 Å². The Bertz CT molecular complexity index is 4320. The predicted molar refractivity (Wildman–Crippen MR) is 198 cm³/mol. The molecule has 0 saturated carbocycles. The average molecular weight is 645 g/mol. The van der Waals surface area contributed by atoms with Crippen LogP contribution in [0.15, 0.2) is 178 Å². The van der Waals surface area contributed by atoms with Crippen LogP contribution >= 0.6 is 0 Å². The summed E-state index contributed by atoms with van der Waals surface area (Å²) in [5.41, 5.74) is -8.86. The van der Waals surface area contributed by atoms with E-state index in [1.807, 2.05) is 0 Å². The van der Waals surface area contributed by atoms with Crippen molar-refractivity contribution in [3.8, 4) is 16.8 Å². The van der Waals surface area contributed by atoms with Crippen molar-refractivity contribution >= 4 is 72.0 Å². The molecule has 0 aliphatic heterocycles. The summed E-state index contributed by atoms with van der Waals surface area (Å²) in [6.45, 7) is 0. The van der Waals surface area contributed by atoms with Gasteiger partial charge in [-0.05, 0) is 71.6 Å². The molecule has 4 nitrogen and oxygen atoms in total. The van der Waals surface area contributed by atoms with E-state index in [0.717, 1.165) is 4.57 Å². The quantitative estimate of drug-likeness (QED) is 0.187. The second kappa shape index (κ2) is 10.5. The standard InChI is InChI=1S/C44H28N2O2/c1-2-11-29(12-3-1)30-21-23-31(24-22-30)45(39-18-10-16-35-34-13-5-8-19-40(34)47-43(35)39)32-25-27-33(28-26-32)46-38-17-7-4-14-36(38)42-37-15-6-9-20-41(37)48-44(42)46/h1-28H/i1D,2D,3D,4D,5D,6D,7D,8D,9D,10D,11D,12D,13D,14D,15D,16D,17D,18D,19D,20D,21D,22D,23D,24D,25D,26D,27D,28D. The van der Waals surface area contributed by atoms with Crippen molar-refractivity contribution in [2.24, 2.45) is 0 Å². The van der Waals surface area contributed by atoms with Crippen LogP contribution in [0.2, 0.25) is 0 Å². The molecule has 0 unspecified atom stereocenters. The maximum absolute atomic E-state index is 9.73. The smallest absolute Gasteiger partial charge is 0.213 e. The van der Waals surface area contributed by atoms with Crippen molar-refractivity contribution < 1.29 is 47.2 Å². The molecule has 3 heterocycles. The molecule has 4 heteroatoms. The number of rotatable bonds is 5.